The molecular formula is C11H12N2O2. The first-order valence-corrected chi connectivity index (χ1v) is 5.06. The number of benzene rings is 1. The summed E-state index contributed by atoms with van der Waals surface area (Å²) in [5, 5.41) is 9.21. The van der Waals surface area contributed by atoms with Crippen LogP contribution in [0.15, 0.2) is 22.6 Å². The number of hydrogen-bond acceptors (Lipinski definition) is 4. The molecule has 0 saturated heterocycles. The predicted octanol–water partition coefficient (Wildman–Crippen LogP) is 1.65. The molecule has 1 saturated carbocycles. The molecule has 0 unspecified atom stereocenters. The van der Waals surface area contributed by atoms with E-state index in [1.807, 2.05) is 12.1 Å². The quantitative estimate of drug-likeness (QED) is 0.693. The summed E-state index contributed by atoms with van der Waals surface area (Å²) in [5.41, 5.74) is 7.89. The lowest BCUT2D eigenvalue weighted by atomic mass is 9.82. The van der Waals surface area contributed by atoms with Crippen LogP contribution in [-0.2, 0) is 0 Å². The summed E-state index contributed by atoms with van der Waals surface area (Å²) in [6.45, 7) is 0. The van der Waals surface area contributed by atoms with E-state index in [0.717, 1.165) is 29.8 Å². The van der Waals surface area contributed by atoms with Gasteiger partial charge in [0.1, 0.15) is 5.52 Å². The van der Waals surface area contributed by atoms with Crippen molar-refractivity contribution in [1.29, 1.82) is 0 Å². The van der Waals surface area contributed by atoms with Crippen LogP contribution in [-0.4, -0.2) is 16.2 Å². The van der Waals surface area contributed by atoms with Crippen molar-refractivity contribution in [2.45, 2.75) is 24.9 Å². The minimum Gasteiger partial charge on any atom is -0.440 e. The fraction of sp³-hybridized carbons (Fsp3) is 0.364. The molecule has 15 heavy (non-hydrogen) atoms. The van der Waals surface area contributed by atoms with Crippen molar-refractivity contribution in [2.24, 2.45) is 0 Å². The molecule has 0 radical (unpaired) electrons. The van der Waals surface area contributed by atoms with Crippen molar-refractivity contribution >= 4 is 16.8 Å². The summed E-state index contributed by atoms with van der Waals surface area (Å²) in [7, 11) is 0. The normalized spacial score (nSPS) is 25.4. The van der Waals surface area contributed by atoms with Crippen molar-refractivity contribution in [2.75, 3.05) is 5.73 Å². The van der Waals surface area contributed by atoms with Crippen molar-refractivity contribution < 1.29 is 9.52 Å². The number of anilines is 1. The van der Waals surface area contributed by atoms with Crippen LogP contribution in [0.2, 0.25) is 0 Å². The third-order valence-corrected chi connectivity index (χ3v) is 2.89. The van der Waals surface area contributed by atoms with Gasteiger partial charge in [-0.1, -0.05) is 0 Å². The molecule has 3 rings (SSSR count). The van der Waals surface area contributed by atoms with Crippen LogP contribution in [0.5, 0.6) is 0 Å². The van der Waals surface area contributed by atoms with E-state index in [4.69, 9.17) is 10.2 Å². The summed E-state index contributed by atoms with van der Waals surface area (Å²) < 4.78 is 5.60. The van der Waals surface area contributed by atoms with E-state index in [-0.39, 0.29) is 12.0 Å². The second-order valence-electron chi connectivity index (χ2n) is 4.10. The molecule has 1 aromatic heterocycles. The molecule has 1 fully saturated rings. The molecule has 1 heterocycles. The van der Waals surface area contributed by atoms with E-state index in [0.29, 0.717) is 5.69 Å². The summed E-state index contributed by atoms with van der Waals surface area (Å²) in [6.07, 6.45) is 1.32. The zero-order valence-corrected chi connectivity index (χ0v) is 8.18. The zero-order valence-electron chi connectivity index (χ0n) is 8.18. The second-order valence-corrected chi connectivity index (χ2v) is 4.10. The number of aromatic nitrogens is 1. The van der Waals surface area contributed by atoms with Crippen LogP contribution in [0, 0.1) is 0 Å². The van der Waals surface area contributed by atoms with Gasteiger partial charge in [-0.15, -0.1) is 0 Å². The second kappa shape index (κ2) is 2.97. The topological polar surface area (TPSA) is 72.3 Å². The van der Waals surface area contributed by atoms with E-state index in [1.54, 1.807) is 6.07 Å². The largest absolute Gasteiger partial charge is 0.440 e. The Labute approximate surface area is 86.7 Å². The molecule has 4 heteroatoms. The number of aliphatic hydroxyl groups excluding tert-OH is 1. The Balaban J connectivity index is 1.99. The fourth-order valence-electron chi connectivity index (χ4n) is 1.92. The predicted molar refractivity (Wildman–Crippen MR) is 56.4 cm³/mol. The molecule has 0 spiro atoms. The maximum Gasteiger partial charge on any atom is 0.198 e. The highest BCUT2D eigenvalue weighted by Gasteiger charge is 2.32. The van der Waals surface area contributed by atoms with Crippen molar-refractivity contribution in [3.05, 3.63) is 24.1 Å². The van der Waals surface area contributed by atoms with Gasteiger partial charge in [0.25, 0.3) is 0 Å². The number of rotatable bonds is 1. The van der Waals surface area contributed by atoms with Crippen LogP contribution in [0.1, 0.15) is 24.7 Å². The van der Waals surface area contributed by atoms with Crippen LogP contribution < -0.4 is 5.73 Å². The van der Waals surface area contributed by atoms with Crippen LogP contribution in [0.3, 0.4) is 0 Å². The third-order valence-electron chi connectivity index (χ3n) is 2.89. The van der Waals surface area contributed by atoms with E-state index in [1.165, 1.54) is 0 Å². The summed E-state index contributed by atoms with van der Waals surface area (Å²) >= 11 is 0. The SMILES string of the molecule is Nc1ccc2nc(C3CC(O)C3)oc2c1. The maximum absolute atomic E-state index is 9.21. The molecule has 0 atom stereocenters. The monoisotopic (exact) mass is 204 g/mol. The number of nitrogens with zero attached hydrogens (tertiary/aromatic N) is 1. The lowest BCUT2D eigenvalue weighted by Gasteiger charge is -2.28. The number of nitrogen functional groups attached to an aromatic ring is 1. The smallest absolute Gasteiger partial charge is 0.198 e. The number of hydrogen-bond donors (Lipinski definition) is 2. The van der Waals surface area contributed by atoms with E-state index in [2.05, 4.69) is 4.98 Å². The first-order valence-electron chi connectivity index (χ1n) is 5.06. The van der Waals surface area contributed by atoms with Gasteiger partial charge in [0.15, 0.2) is 11.5 Å². The lowest BCUT2D eigenvalue weighted by molar-refractivity contribution is 0.0655. The molecule has 4 nitrogen and oxygen atoms in total. The third kappa shape index (κ3) is 1.37. The van der Waals surface area contributed by atoms with E-state index < -0.39 is 0 Å². The van der Waals surface area contributed by atoms with Gasteiger partial charge in [-0.05, 0) is 25.0 Å². The number of nitrogens with two attached hydrogens (primary N) is 1. The van der Waals surface area contributed by atoms with Crippen molar-refractivity contribution in [3.8, 4) is 0 Å². The van der Waals surface area contributed by atoms with Gasteiger partial charge in [-0.2, -0.15) is 0 Å². The van der Waals surface area contributed by atoms with E-state index in [9.17, 15) is 5.11 Å². The number of fused-ring (bicyclic) bond motifs is 1. The molecule has 1 aromatic carbocycles. The number of aliphatic hydroxyl groups is 1. The van der Waals surface area contributed by atoms with Crippen LogP contribution in [0.25, 0.3) is 11.1 Å². The van der Waals surface area contributed by atoms with Gasteiger partial charge in [0, 0.05) is 17.7 Å². The fourth-order valence-corrected chi connectivity index (χ4v) is 1.92. The molecule has 78 valence electrons. The Morgan fingerprint density at radius 1 is 1.40 bits per heavy atom. The number of oxazole rings is 1. The Bertz CT molecular complexity index is 500. The Kier molecular flexibility index (Phi) is 1.73. The Morgan fingerprint density at radius 3 is 2.93 bits per heavy atom. The zero-order chi connectivity index (χ0) is 10.4. The Morgan fingerprint density at radius 2 is 2.20 bits per heavy atom. The summed E-state index contributed by atoms with van der Waals surface area (Å²) in [6, 6.07) is 5.44. The van der Waals surface area contributed by atoms with Gasteiger partial charge >= 0.3 is 0 Å². The highest BCUT2D eigenvalue weighted by molar-refractivity contribution is 5.76. The molecular weight excluding hydrogens is 192 g/mol. The van der Waals surface area contributed by atoms with Crippen molar-refractivity contribution in [3.63, 3.8) is 0 Å². The van der Waals surface area contributed by atoms with Gasteiger partial charge in [-0.3, -0.25) is 0 Å². The molecule has 1 aliphatic rings. The molecule has 1 aliphatic carbocycles. The van der Waals surface area contributed by atoms with E-state index >= 15 is 0 Å². The van der Waals surface area contributed by atoms with Gasteiger partial charge in [-0.25, -0.2) is 4.98 Å². The highest BCUT2D eigenvalue weighted by Crippen LogP contribution is 2.37. The first kappa shape index (κ1) is 8.73. The molecule has 0 aliphatic heterocycles. The average molecular weight is 204 g/mol. The van der Waals surface area contributed by atoms with Gasteiger partial charge < -0.3 is 15.3 Å². The molecule has 0 amide bonds. The molecule has 0 bridgehead atoms. The lowest BCUT2D eigenvalue weighted by Crippen LogP contribution is -2.26. The minimum absolute atomic E-state index is 0.185. The first-order chi connectivity index (χ1) is 7.22. The average Bonchev–Trinajstić information content (AvgIpc) is 2.55. The highest BCUT2D eigenvalue weighted by atomic mass is 16.3. The van der Waals surface area contributed by atoms with Gasteiger partial charge in [0.2, 0.25) is 0 Å². The summed E-state index contributed by atoms with van der Waals surface area (Å²) in [5.74, 6) is 0.995. The molecule has 2 aromatic rings. The summed E-state index contributed by atoms with van der Waals surface area (Å²) in [4.78, 5) is 4.38. The Hall–Kier alpha value is -1.55. The van der Waals surface area contributed by atoms with Gasteiger partial charge in [0.05, 0.1) is 6.10 Å². The van der Waals surface area contributed by atoms with Crippen LogP contribution >= 0.6 is 0 Å². The standard InChI is InChI=1S/C11H12N2O2/c12-7-1-2-9-10(5-7)15-11(13-9)6-3-8(14)4-6/h1-2,5-6,8,14H,3-4,12H2. The van der Waals surface area contributed by atoms with Crippen LogP contribution in [0.4, 0.5) is 5.69 Å². The molecule has 3 N–H and O–H groups in total. The minimum atomic E-state index is -0.185. The maximum atomic E-state index is 9.21. The van der Waals surface area contributed by atoms with Crippen molar-refractivity contribution in [1.82, 2.24) is 4.98 Å².